The Kier molecular flexibility index (Phi) is 3.48. The summed E-state index contributed by atoms with van der Waals surface area (Å²) in [6, 6.07) is 42.1. The smallest absolute Gasteiger partial charge is 0.0726 e. The van der Waals surface area contributed by atoms with E-state index in [4.69, 9.17) is 11.6 Å². The number of rotatable bonds is 0. The van der Waals surface area contributed by atoms with Crippen molar-refractivity contribution in [1.82, 2.24) is 0 Å². The standard InChI is InChI=1S/C33H19Cl/c34-30-19-29-32(25-14-4-3-13-24(25)30)31-21-10-2-1-9-20(21)17-18-28(31)33(29)26-15-7-5-11-22(26)23-12-6-8-16-27(23)33/h1-19H. The first-order valence-corrected chi connectivity index (χ1v) is 12.1. The molecule has 0 atom stereocenters. The fourth-order valence-corrected chi connectivity index (χ4v) is 6.98. The highest BCUT2D eigenvalue weighted by molar-refractivity contribution is 6.36. The van der Waals surface area contributed by atoms with Crippen LogP contribution >= 0.6 is 11.6 Å². The molecule has 0 amide bonds. The van der Waals surface area contributed by atoms with Crippen LogP contribution in [-0.2, 0) is 5.41 Å². The average molecular weight is 451 g/mol. The Balaban J connectivity index is 1.69. The normalized spacial score (nSPS) is 14.3. The summed E-state index contributed by atoms with van der Waals surface area (Å²) in [7, 11) is 0. The molecule has 1 heteroatoms. The Morgan fingerprint density at radius 3 is 1.74 bits per heavy atom. The van der Waals surface area contributed by atoms with E-state index in [1.807, 2.05) is 0 Å². The molecule has 0 aliphatic heterocycles. The van der Waals surface area contributed by atoms with Crippen LogP contribution in [0.25, 0.3) is 43.8 Å². The van der Waals surface area contributed by atoms with Crippen molar-refractivity contribution in [2.75, 3.05) is 0 Å². The van der Waals surface area contributed by atoms with Gasteiger partial charge in [-0.05, 0) is 66.7 Å². The van der Waals surface area contributed by atoms with Crippen molar-refractivity contribution in [3.63, 3.8) is 0 Å². The second kappa shape index (κ2) is 6.38. The Morgan fingerprint density at radius 1 is 0.441 bits per heavy atom. The van der Waals surface area contributed by atoms with Gasteiger partial charge >= 0.3 is 0 Å². The molecule has 0 saturated carbocycles. The minimum Gasteiger partial charge on any atom is -0.0837 e. The number of hydrogen-bond acceptors (Lipinski definition) is 0. The minimum absolute atomic E-state index is 0.379. The van der Waals surface area contributed by atoms with Crippen LogP contribution in [-0.4, -0.2) is 0 Å². The molecule has 2 aliphatic carbocycles. The lowest BCUT2D eigenvalue weighted by molar-refractivity contribution is 0.795. The summed E-state index contributed by atoms with van der Waals surface area (Å²) >= 11 is 7.02. The van der Waals surface area contributed by atoms with Crippen molar-refractivity contribution in [2.24, 2.45) is 0 Å². The highest BCUT2D eigenvalue weighted by Gasteiger charge is 2.52. The second-order valence-corrected chi connectivity index (χ2v) is 9.78. The summed E-state index contributed by atoms with van der Waals surface area (Å²) < 4.78 is 0. The molecule has 0 nitrogen and oxygen atoms in total. The van der Waals surface area contributed by atoms with E-state index in [9.17, 15) is 0 Å². The molecule has 0 bridgehead atoms. The lowest BCUT2D eigenvalue weighted by atomic mass is 9.70. The third-order valence-corrected chi connectivity index (χ3v) is 8.25. The largest absolute Gasteiger partial charge is 0.0837 e. The van der Waals surface area contributed by atoms with E-state index in [1.165, 1.54) is 60.7 Å². The molecule has 6 aromatic carbocycles. The molecule has 34 heavy (non-hydrogen) atoms. The fourth-order valence-electron chi connectivity index (χ4n) is 6.71. The Morgan fingerprint density at radius 2 is 1.00 bits per heavy atom. The topological polar surface area (TPSA) is 0 Å². The Hall–Kier alpha value is -3.87. The van der Waals surface area contributed by atoms with Gasteiger partial charge in [-0.1, -0.05) is 121 Å². The molecule has 1 spiro atoms. The van der Waals surface area contributed by atoms with E-state index in [0.717, 1.165) is 10.4 Å². The average Bonchev–Trinajstić information content (AvgIpc) is 3.36. The van der Waals surface area contributed by atoms with Gasteiger partial charge < -0.3 is 0 Å². The summed E-state index contributed by atoms with van der Waals surface area (Å²) in [5, 5.41) is 5.71. The SMILES string of the molecule is Clc1cc2c(c3ccccc13)-c1c(ccc3ccccc13)C21c2ccccc2-c2ccccc21. The van der Waals surface area contributed by atoms with Crippen LogP contribution in [0.3, 0.4) is 0 Å². The fraction of sp³-hybridized carbons (Fsp3) is 0.0303. The van der Waals surface area contributed by atoms with E-state index in [1.54, 1.807) is 0 Å². The lowest BCUT2D eigenvalue weighted by Crippen LogP contribution is -2.25. The molecule has 0 radical (unpaired) electrons. The van der Waals surface area contributed by atoms with Gasteiger partial charge in [0.15, 0.2) is 0 Å². The number of hydrogen-bond donors (Lipinski definition) is 0. The maximum Gasteiger partial charge on any atom is 0.0726 e. The van der Waals surface area contributed by atoms with E-state index in [0.29, 0.717) is 0 Å². The maximum atomic E-state index is 7.02. The maximum absolute atomic E-state index is 7.02. The first-order chi connectivity index (χ1) is 16.8. The first kappa shape index (κ1) is 18.5. The third-order valence-electron chi connectivity index (χ3n) is 7.93. The Bertz CT molecular complexity index is 1780. The van der Waals surface area contributed by atoms with Crippen molar-refractivity contribution < 1.29 is 0 Å². The van der Waals surface area contributed by atoms with E-state index < -0.39 is 0 Å². The molecule has 158 valence electrons. The summed E-state index contributed by atoms with van der Waals surface area (Å²) in [5.74, 6) is 0. The molecule has 0 fully saturated rings. The number of halogens is 1. The van der Waals surface area contributed by atoms with Gasteiger partial charge in [0.25, 0.3) is 0 Å². The summed E-state index contributed by atoms with van der Waals surface area (Å²) in [6.45, 7) is 0. The van der Waals surface area contributed by atoms with Crippen molar-refractivity contribution >= 4 is 33.1 Å². The van der Waals surface area contributed by atoms with Gasteiger partial charge in [-0.3, -0.25) is 0 Å². The van der Waals surface area contributed by atoms with E-state index in [2.05, 4.69) is 115 Å². The zero-order chi connectivity index (χ0) is 22.4. The molecule has 0 unspecified atom stereocenters. The van der Waals surface area contributed by atoms with Crippen LogP contribution in [0.2, 0.25) is 5.02 Å². The van der Waals surface area contributed by atoms with Gasteiger partial charge in [-0.25, -0.2) is 0 Å². The molecular formula is C33H19Cl. The van der Waals surface area contributed by atoms with Crippen molar-refractivity contribution in [1.29, 1.82) is 0 Å². The van der Waals surface area contributed by atoms with E-state index >= 15 is 0 Å². The second-order valence-electron chi connectivity index (χ2n) is 9.38. The number of fused-ring (bicyclic) bond motifs is 14. The van der Waals surface area contributed by atoms with Crippen LogP contribution in [0.4, 0.5) is 0 Å². The van der Waals surface area contributed by atoms with Crippen LogP contribution in [0.15, 0.2) is 115 Å². The molecular weight excluding hydrogens is 432 g/mol. The van der Waals surface area contributed by atoms with Crippen LogP contribution < -0.4 is 0 Å². The third kappa shape index (κ3) is 2.02. The molecule has 0 heterocycles. The zero-order valence-corrected chi connectivity index (χ0v) is 19.1. The van der Waals surface area contributed by atoms with Crippen LogP contribution in [0.1, 0.15) is 22.3 Å². The molecule has 0 saturated heterocycles. The summed E-state index contributed by atoms with van der Waals surface area (Å²) in [5.41, 5.74) is 10.2. The van der Waals surface area contributed by atoms with Crippen molar-refractivity contribution in [2.45, 2.75) is 5.41 Å². The van der Waals surface area contributed by atoms with Gasteiger partial charge in [0.2, 0.25) is 0 Å². The Labute approximate surface area is 203 Å². The molecule has 0 aromatic heterocycles. The van der Waals surface area contributed by atoms with Gasteiger partial charge in [0.1, 0.15) is 0 Å². The predicted octanol–water partition coefficient (Wildman–Crippen LogP) is 8.99. The first-order valence-electron chi connectivity index (χ1n) is 11.7. The number of benzene rings is 6. The highest BCUT2D eigenvalue weighted by Crippen LogP contribution is 2.65. The van der Waals surface area contributed by atoms with Gasteiger partial charge in [-0.2, -0.15) is 0 Å². The summed E-state index contributed by atoms with van der Waals surface area (Å²) in [4.78, 5) is 0. The monoisotopic (exact) mass is 450 g/mol. The van der Waals surface area contributed by atoms with Crippen molar-refractivity contribution in [3.05, 3.63) is 143 Å². The molecule has 8 rings (SSSR count). The van der Waals surface area contributed by atoms with Gasteiger partial charge in [0, 0.05) is 10.4 Å². The van der Waals surface area contributed by atoms with Crippen molar-refractivity contribution in [3.8, 4) is 22.3 Å². The predicted molar refractivity (Wildman–Crippen MR) is 143 cm³/mol. The van der Waals surface area contributed by atoms with Crippen LogP contribution in [0.5, 0.6) is 0 Å². The van der Waals surface area contributed by atoms with E-state index in [-0.39, 0.29) is 5.41 Å². The minimum atomic E-state index is -0.379. The van der Waals surface area contributed by atoms with Crippen LogP contribution in [0, 0.1) is 0 Å². The zero-order valence-electron chi connectivity index (χ0n) is 18.3. The molecule has 2 aliphatic rings. The lowest BCUT2D eigenvalue weighted by Gasteiger charge is -2.30. The highest BCUT2D eigenvalue weighted by atomic mass is 35.5. The molecule has 0 N–H and O–H groups in total. The summed E-state index contributed by atoms with van der Waals surface area (Å²) in [6.07, 6.45) is 0. The quantitative estimate of drug-likeness (QED) is 0.216. The van der Waals surface area contributed by atoms with Gasteiger partial charge in [-0.15, -0.1) is 0 Å². The van der Waals surface area contributed by atoms with Gasteiger partial charge in [0.05, 0.1) is 5.41 Å². The molecule has 6 aromatic rings.